The topological polar surface area (TPSA) is 72.9 Å². The Morgan fingerprint density at radius 2 is 1.71 bits per heavy atom. The molecular formula is C18H19BrClFNO5P. The number of imide groups is 1. The van der Waals surface area contributed by atoms with Gasteiger partial charge < -0.3 is 9.05 Å². The highest BCUT2D eigenvalue weighted by molar-refractivity contribution is 9.10. The molecule has 0 saturated carbocycles. The summed E-state index contributed by atoms with van der Waals surface area (Å²) in [5.41, 5.74) is 1.18. The molecule has 0 saturated heterocycles. The maximum atomic E-state index is 14.6. The summed E-state index contributed by atoms with van der Waals surface area (Å²) >= 11 is 9.42. The van der Waals surface area contributed by atoms with E-state index >= 15 is 0 Å². The van der Waals surface area contributed by atoms with Crippen molar-refractivity contribution in [3.05, 3.63) is 39.7 Å². The number of amides is 2. The largest absolute Gasteiger partial charge is 0.343 e. The van der Waals surface area contributed by atoms with Crippen molar-refractivity contribution in [3.63, 3.8) is 0 Å². The maximum Gasteiger partial charge on any atom is 0.343 e. The van der Waals surface area contributed by atoms with Gasteiger partial charge in [0, 0.05) is 30.4 Å². The Kier molecular flexibility index (Phi) is 6.47. The first-order valence-electron chi connectivity index (χ1n) is 8.67. The number of benzene rings is 1. The van der Waals surface area contributed by atoms with Gasteiger partial charge in [-0.25, -0.2) is 9.29 Å². The number of anilines is 1. The number of alkyl halides is 1. The van der Waals surface area contributed by atoms with Gasteiger partial charge in [-0.2, -0.15) is 0 Å². The second-order valence-electron chi connectivity index (χ2n) is 6.55. The lowest BCUT2D eigenvalue weighted by molar-refractivity contribution is -0.120. The van der Waals surface area contributed by atoms with Crippen LogP contribution in [0, 0.1) is 5.82 Å². The van der Waals surface area contributed by atoms with E-state index in [1.807, 2.05) is 0 Å². The van der Waals surface area contributed by atoms with Gasteiger partial charge >= 0.3 is 7.60 Å². The van der Waals surface area contributed by atoms with Crippen LogP contribution in [0.15, 0.2) is 23.3 Å². The summed E-state index contributed by atoms with van der Waals surface area (Å²) in [6.45, 7) is 0. The first kappa shape index (κ1) is 21.7. The zero-order valence-corrected chi connectivity index (χ0v) is 18.6. The number of carbonyl (C=O) groups excluding carboxylic acids is 2. The van der Waals surface area contributed by atoms with Gasteiger partial charge in [0.15, 0.2) is 0 Å². The summed E-state index contributed by atoms with van der Waals surface area (Å²) in [7, 11) is -0.931. The minimum Gasteiger partial charge on any atom is -0.311 e. The van der Waals surface area contributed by atoms with Crippen LogP contribution in [0.2, 0.25) is 5.02 Å². The summed E-state index contributed by atoms with van der Waals surface area (Å²) in [4.78, 5) is 26.3. The molecule has 1 aliphatic carbocycles. The SMILES string of the molecule is COP(=O)(OC)C(Br)Cc1cc(N2C(=O)C3=C(CCCC3)C2=O)c(F)cc1Cl. The van der Waals surface area contributed by atoms with Crippen molar-refractivity contribution in [2.24, 2.45) is 0 Å². The fraction of sp³-hybridized carbons (Fsp3) is 0.444. The molecule has 1 unspecified atom stereocenters. The molecule has 1 heterocycles. The lowest BCUT2D eigenvalue weighted by Crippen LogP contribution is -2.32. The van der Waals surface area contributed by atoms with E-state index in [1.54, 1.807) is 0 Å². The minimum absolute atomic E-state index is 0.0778. The Morgan fingerprint density at radius 3 is 2.21 bits per heavy atom. The van der Waals surface area contributed by atoms with E-state index in [-0.39, 0.29) is 17.1 Å². The molecule has 152 valence electrons. The van der Waals surface area contributed by atoms with E-state index in [0.29, 0.717) is 29.6 Å². The smallest absolute Gasteiger partial charge is 0.311 e. The highest BCUT2D eigenvalue weighted by atomic mass is 79.9. The Bertz CT molecular complexity index is 885. The molecule has 0 fully saturated rings. The molecule has 1 atom stereocenters. The number of rotatable bonds is 6. The Labute approximate surface area is 175 Å². The molecule has 1 aromatic rings. The van der Waals surface area contributed by atoms with Crippen molar-refractivity contribution in [2.75, 3.05) is 19.1 Å². The normalized spacial score (nSPS) is 18.7. The number of halogens is 3. The van der Waals surface area contributed by atoms with Gasteiger partial charge in [-0.1, -0.05) is 27.5 Å². The van der Waals surface area contributed by atoms with E-state index in [1.165, 1.54) is 20.3 Å². The van der Waals surface area contributed by atoms with Crippen LogP contribution in [0.3, 0.4) is 0 Å². The molecule has 0 bridgehead atoms. The Morgan fingerprint density at radius 1 is 1.18 bits per heavy atom. The number of carbonyl (C=O) groups is 2. The van der Waals surface area contributed by atoms with Crippen LogP contribution >= 0.6 is 35.1 Å². The van der Waals surface area contributed by atoms with Crippen molar-refractivity contribution in [3.8, 4) is 0 Å². The molecular weight excluding hydrogens is 476 g/mol. The second-order valence-corrected chi connectivity index (χ2v) is 11.2. The molecule has 10 heteroatoms. The zero-order valence-electron chi connectivity index (χ0n) is 15.3. The third-order valence-corrected chi connectivity index (χ3v) is 9.05. The van der Waals surface area contributed by atoms with Gasteiger partial charge in [0.2, 0.25) is 0 Å². The summed E-state index contributed by atoms with van der Waals surface area (Å²) in [6.07, 6.45) is 2.78. The average Bonchev–Trinajstić information content (AvgIpc) is 2.94. The predicted molar refractivity (Wildman–Crippen MR) is 107 cm³/mol. The molecule has 1 aliphatic heterocycles. The third-order valence-electron chi connectivity index (χ3n) is 4.99. The van der Waals surface area contributed by atoms with Crippen LogP contribution in [0.4, 0.5) is 10.1 Å². The molecule has 3 rings (SSSR count). The van der Waals surface area contributed by atoms with Crippen LogP contribution in [-0.2, 0) is 29.6 Å². The van der Waals surface area contributed by atoms with Crippen LogP contribution in [-0.4, -0.2) is 30.6 Å². The molecule has 0 aromatic heterocycles. The van der Waals surface area contributed by atoms with Gasteiger partial charge in [-0.05, 0) is 49.8 Å². The fourth-order valence-corrected chi connectivity index (χ4v) is 6.07. The molecule has 0 N–H and O–H groups in total. The highest BCUT2D eigenvalue weighted by Crippen LogP contribution is 2.55. The Balaban J connectivity index is 1.96. The van der Waals surface area contributed by atoms with Crippen LogP contribution in [0.1, 0.15) is 31.2 Å². The summed E-state index contributed by atoms with van der Waals surface area (Å²) in [5.74, 6) is -1.74. The first-order valence-corrected chi connectivity index (χ1v) is 11.6. The molecule has 6 nitrogen and oxygen atoms in total. The van der Waals surface area contributed by atoms with Gasteiger partial charge in [0.1, 0.15) is 10.4 Å². The maximum absolute atomic E-state index is 14.6. The zero-order chi connectivity index (χ0) is 20.6. The van der Waals surface area contributed by atoms with Crippen molar-refractivity contribution in [2.45, 2.75) is 36.7 Å². The predicted octanol–water partition coefficient (Wildman–Crippen LogP) is 4.97. The molecule has 2 amide bonds. The average molecular weight is 495 g/mol. The summed E-state index contributed by atoms with van der Waals surface area (Å²) < 4.78 is 36.3. The molecule has 28 heavy (non-hydrogen) atoms. The van der Waals surface area contributed by atoms with Crippen LogP contribution in [0.25, 0.3) is 0 Å². The molecule has 2 aliphatic rings. The van der Waals surface area contributed by atoms with Gasteiger partial charge in [-0.3, -0.25) is 14.2 Å². The van der Waals surface area contributed by atoms with E-state index in [4.69, 9.17) is 20.6 Å². The van der Waals surface area contributed by atoms with E-state index in [0.717, 1.165) is 23.8 Å². The second kappa shape index (κ2) is 8.36. The highest BCUT2D eigenvalue weighted by Gasteiger charge is 2.41. The quantitative estimate of drug-likeness (QED) is 0.317. The van der Waals surface area contributed by atoms with E-state index < -0.39 is 29.8 Å². The van der Waals surface area contributed by atoms with Crippen molar-refractivity contribution in [1.82, 2.24) is 0 Å². The number of hydrogen-bond donors (Lipinski definition) is 0. The van der Waals surface area contributed by atoms with Crippen LogP contribution in [0.5, 0.6) is 0 Å². The first-order chi connectivity index (χ1) is 13.2. The standard InChI is InChI=1S/C18H19BrClFNO5P/c1-26-28(25,27-2)16(19)8-10-7-15(14(21)9-13(10)20)22-17(23)11-5-3-4-6-12(11)18(22)24/h7,9,16H,3-6,8H2,1-2H3. The van der Waals surface area contributed by atoms with Gasteiger partial charge in [0.05, 0.1) is 5.69 Å². The van der Waals surface area contributed by atoms with Crippen molar-refractivity contribution >= 4 is 52.6 Å². The monoisotopic (exact) mass is 493 g/mol. The van der Waals surface area contributed by atoms with Crippen molar-refractivity contribution in [1.29, 1.82) is 0 Å². The number of hydrogen-bond acceptors (Lipinski definition) is 5. The fourth-order valence-electron chi connectivity index (χ4n) is 3.46. The van der Waals surface area contributed by atoms with Gasteiger partial charge in [-0.15, -0.1) is 0 Å². The molecule has 0 spiro atoms. The summed E-state index contributed by atoms with van der Waals surface area (Å²) in [6, 6.07) is 2.39. The number of nitrogens with zero attached hydrogens (tertiary/aromatic N) is 1. The molecule has 0 radical (unpaired) electrons. The van der Waals surface area contributed by atoms with Gasteiger partial charge in [0.25, 0.3) is 11.8 Å². The summed E-state index contributed by atoms with van der Waals surface area (Å²) in [5, 5.41) is 0.0845. The lowest BCUT2D eigenvalue weighted by Gasteiger charge is -2.21. The molecule has 1 aromatic carbocycles. The van der Waals surface area contributed by atoms with E-state index in [9.17, 15) is 18.5 Å². The van der Waals surface area contributed by atoms with E-state index in [2.05, 4.69) is 15.9 Å². The lowest BCUT2D eigenvalue weighted by atomic mass is 9.93. The van der Waals surface area contributed by atoms with Crippen LogP contribution < -0.4 is 4.90 Å². The third kappa shape index (κ3) is 3.73. The minimum atomic E-state index is -3.45. The Hall–Kier alpha value is -1.05. The van der Waals surface area contributed by atoms with Crippen molar-refractivity contribution < 1.29 is 27.6 Å².